The van der Waals surface area contributed by atoms with Crippen molar-refractivity contribution in [3.05, 3.63) is 53.1 Å². The third-order valence-electron chi connectivity index (χ3n) is 4.82. The zero-order chi connectivity index (χ0) is 25.6. The minimum atomic E-state index is -0.509. The number of esters is 1. The summed E-state index contributed by atoms with van der Waals surface area (Å²) in [6.07, 6.45) is 2.02. The Morgan fingerprint density at radius 1 is 1.00 bits per heavy atom. The van der Waals surface area contributed by atoms with E-state index in [1.807, 2.05) is 31.2 Å². The molecule has 0 unspecified atom stereocenters. The van der Waals surface area contributed by atoms with Crippen LogP contribution in [-0.4, -0.2) is 53.0 Å². The molecule has 0 aromatic heterocycles. The summed E-state index contributed by atoms with van der Waals surface area (Å²) in [5.74, 6) is 0.841. The summed E-state index contributed by atoms with van der Waals surface area (Å²) in [5.41, 5.74) is 1.38. The van der Waals surface area contributed by atoms with Crippen LogP contribution in [-0.2, 0) is 20.7 Å². The Balaban J connectivity index is 2.05. The molecule has 0 atom stereocenters. The standard InChI is InChI=1S/C26H30N2O7/c1-5-34-21-9-6-18(15-23(21)32-3)8-11-25(29)35-22-10-7-19(16-24(22)33-4)14-20(17-27)26(30)28-12-13-31-2/h6-7,9-10,14-16H,5,8,11-13H2,1-4H3,(H,28,30)/b20-14+. The maximum atomic E-state index is 12.4. The van der Waals surface area contributed by atoms with Gasteiger partial charge in [-0.15, -0.1) is 0 Å². The number of carbonyl (C=O) groups excluding carboxylic acids is 2. The molecule has 2 rings (SSSR count). The highest BCUT2D eigenvalue weighted by Gasteiger charge is 2.14. The second-order valence-corrected chi connectivity index (χ2v) is 7.22. The van der Waals surface area contributed by atoms with Crippen LogP contribution < -0.4 is 24.3 Å². The van der Waals surface area contributed by atoms with Gasteiger partial charge in [0.05, 0.1) is 27.4 Å². The number of ether oxygens (including phenoxy) is 5. The van der Waals surface area contributed by atoms with Crippen molar-refractivity contribution >= 4 is 18.0 Å². The molecule has 186 valence electrons. The Hall–Kier alpha value is -4.03. The van der Waals surface area contributed by atoms with E-state index >= 15 is 0 Å². The Labute approximate surface area is 205 Å². The quantitative estimate of drug-likeness (QED) is 0.152. The smallest absolute Gasteiger partial charge is 0.311 e. The first-order valence-electron chi connectivity index (χ1n) is 11.0. The maximum Gasteiger partial charge on any atom is 0.311 e. The van der Waals surface area contributed by atoms with Crippen LogP contribution in [0.1, 0.15) is 24.5 Å². The predicted octanol–water partition coefficient (Wildman–Crippen LogP) is 3.31. The summed E-state index contributed by atoms with van der Waals surface area (Å²) in [4.78, 5) is 24.6. The molecule has 0 fully saturated rings. The molecule has 0 aliphatic heterocycles. The van der Waals surface area contributed by atoms with E-state index < -0.39 is 11.9 Å². The lowest BCUT2D eigenvalue weighted by Gasteiger charge is -2.12. The van der Waals surface area contributed by atoms with E-state index in [2.05, 4.69) is 5.32 Å². The number of hydrogen-bond donors (Lipinski definition) is 1. The van der Waals surface area contributed by atoms with Crippen molar-refractivity contribution in [1.82, 2.24) is 5.32 Å². The Morgan fingerprint density at radius 2 is 1.71 bits per heavy atom. The first kappa shape index (κ1) is 27.2. The highest BCUT2D eigenvalue weighted by atomic mass is 16.6. The fraction of sp³-hybridized carbons (Fsp3) is 0.346. The molecular formula is C26H30N2O7. The van der Waals surface area contributed by atoms with Crippen LogP contribution in [0, 0.1) is 11.3 Å². The average Bonchev–Trinajstić information content (AvgIpc) is 2.87. The van der Waals surface area contributed by atoms with Crippen LogP contribution in [0.5, 0.6) is 23.0 Å². The first-order chi connectivity index (χ1) is 16.9. The number of aryl methyl sites for hydroxylation is 1. The van der Waals surface area contributed by atoms with E-state index in [0.29, 0.717) is 42.4 Å². The van der Waals surface area contributed by atoms with Crippen LogP contribution in [0.3, 0.4) is 0 Å². The summed E-state index contributed by atoms with van der Waals surface area (Å²) in [6.45, 7) is 3.04. The van der Waals surface area contributed by atoms with Gasteiger partial charge in [-0.25, -0.2) is 0 Å². The Morgan fingerprint density at radius 3 is 2.37 bits per heavy atom. The zero-order valence-corrected chi connectivity index (χ0v) is 20.4. The van der Waals surface area contributed by atoms with Crippen molar-refractivity contribution in [2.45, 2.75) is 19.8 Å². The van der Waals surface area contributed by atoms with Crippen molar-refractivity contribution in [1.29, 1.82) is 5.26 Å². The van der Waals surface area contributed by atoms with Crippen LogP contribution >= 0.6 is 0 Å². The number of nitrogens with zero attached hydrogens (tertiary/aromatic N) is 1. The predicted molar refractivity (Wildman–Crippen MR) is 130 cm³/mol. The Bertz CT molecular complexity index is 1090. The van der Waals surface area contributed by atoms with Gasteiger partial charge in [-0.05, 0) is 54.8 Å². The van der Waals surface area contributed by atoms with Gasteiger partial charge < -0.3 is 29.0 Å². The molecule has 0 bridgehead atoms. The summed E-state index contributed by atoms with van der Waals surface area (Å²) < 4.78 is 26.5. The molecule has 2 aromatic rings. The number of amides is 1. The van der Waals surface area contributed by atoms with E-state index in [9.17, 15) is 14.9 Å². The molecule has 0 aliphatic rings. The molecule has 1 N–H and O–H groups in total. The van der Waals surface area contributed by atoms with Crippen LogP contribution in [0.25, 0.3) is 6.08 Å². The van der Waals surface area contributed by atoms with E-state index in [1.165, 1.54) is 20.3 Å². The second-order valence-electron chi connectivity index (χ2n) is 7.22. The molecule has 0 aliphatic carbocycles. The topological polar surface area (TPSA) is 116 Å². The van der Waals surface area contributed by atoms with Gasteiger partial charge in [-0.3, -0.25) is 9.59 Å². The number of rotatable bonds is 13. The Kier molecular flexibility index (Phi) is 11.1. The van der Waals surface area contributed by atoms with Gasteiger partial charge in [-0.1, -0.05) is 12.1 Å². The summed E-state index contributed by atoms with van der Waals surface area (Å²) in [7, 11) is 4.52. The van der Waals surface area contributed by atoms with Crippen LogP contribution in [0.4, 0.5) is 0 Å². The molecule has 1 amide bonds. The van der Waals surface area contributed by atoms with Gasteiger partial charge in [0.25, 0.3) is 5.91 Å². The number of nitriles is 1. The SMILES string of the molecule is CCOc1ccc(CCC(=O)Oc2ccc(/C=C(\C#N)C(=O)NCCOC)cc2OC)cc1OC. The van der Waals surface area contributed by atoms with Crippen molar-refractivity contribution in [3.63, 3.8) is 0 Å². The van der Waals surface area contributed by atoms with Gasteiger partial charge in [0.1, 0.15) is 11.6 Å². The number of hydrogen-bond acceptors (Lipinski definition) is 8. The molecule has 0 spiro atoms. The maximum absolute atomic E-state index is 12.4. The van der Waals surface area contributed by atoms with Crippen molar-refractivity contribution in [2.75, 3.05) is 41.1 Å². The van der Waals surface area contributed by atoms with Gasteiger partial charge in [-0.2, -0.15) is 5.26 Å². The summed E-state index contributed by atoms with van der Waals surface area (Å²) in [6, 6.07) is 12.2. The van der Waals surface area contributed by atoms with Gasteiger partial charge in [0.2, 0.25) is 0 Å². The van der Waals surface area contributed by atoms with Crippen LogP contribution in [0.2, 0.25) is 0 Å². The highest BCUT2D eigenvalue weighted by Crippen LogP contribution is 2.30. The van der Waals surface area contributed by atoms with E-state index in [-0.39, 0.29) is 24.3 Å². The lowest BCUT2D eigenvalue weighted by atomic mass is 10.1. The zero-order valence-electron chi connectivity index (χ0n) is 20.4. The van der Waals surface area contributed by atoms with Crippen molar-refractivity contribution < 1.29 is 33.3 Å². The van der Waals surface area contributed by atoms with E-state index in [4.69, 9.17) is 23.7 Å². The average molecular weight is 483 g/mol. The van der Waals surface area contributed by atoms with E-state index in [1.54, 1.807) is 25.3 Å². The number of benzene rings is 2. The molecule has 0 heterocycles. The lowest BCUT2D eigenvalue weighted by molar-refractivity contribution is -0.134. The fourth-order valence-corrected chi connectivity index (χ4v) is 3.10. The molecule has 9 heteroatoms. The lowest BCUT2D eigenvalue weighted by Crippen LogP contribution is -2.27. The molecule has 0 saturated heterocycles. The summed E-state index contributed by atoms with van der Waals surface area (Å²) >= 11 is 0. The summed E-state index contributed by atoms with van der Waals surface area (Å²) in [5, 5.41) is 11.9. The second kappa shape index (κ2) is 14.3. The molecular weight excluding hydrogens is 452 g/mol. The van der Waals surface area contributed by atoms with Crippen molar-refractivity contribution in [3.8, 4) is 29.1 Å². The van der Waals surface area contributed by atoms with Crippen LogP contribution in [0.15, 0.2) is 42.0 Å². The van der Waals surface area contributed by atoms with E-state index in [0.717, 1.165) is 5.56 Å². The number of nitrogens with one attached hydrogen (secondary N) is 1. The molecule has 2 aromatic carbocycles. The minimum absolute atomic E-state index is 0.0707. The molecule has 9 nitrogen and oxygen atoms in total. The third kappa shape index (κ3) is 8.36. The molecule has 35 heavy (non-hydrogen) atoms. The molecule has 0 saturated carbocycles. The first-order valence-corrected chi connectivity index (χ1v) is 11.0. The normalized spacial score (nSPS) is 10.8. The fourth-order valence-electron chi connectivity index (χ4n) is 3.10. The molecule has 0 radical (unpaired) electrons. The van der Waals surface area contributed by atoms with Gasteiger partial charge >= 0.3 is 5.97 Å². The van der Waals surface area contributed by atoms with Gasteiger partial charge in [0.15, 0.2) is 23.0 Å². The number of carbonyl (C=O) groups is 2. The third-order valence-corrected chi connectivity index (χ3v) is 4.82. The number of methoxy groups -OCH3 is 3. The largest absolute Gasteiger partial charge is 0.493 e. The minimum Gasteiger partial charge on any atom is -0.493 e. The monoisotopic (exact) mass is 482 g/mol. The highest BCUT2D eigenvalue weighted by molar-refractivity contribution is 6.01. The van der Waals surface area contributed by atoms with Gasteiger partial charge in [0, 0.05) is 20.1 Å². The van der Waals surface area contributed by atoms with Crippen molar-refractivity contribution in [2.24, 2.45) is 0 Å².